The van der Waals surface area contributed by atoms with Gasteiger partial charge in [0, 0.05) is 16.3 Å². The standard InChI is InChI=1S/C21H18ClN4O3P/c22-17-9-7-14(8-10-17)21(30(27,28)29)16-4-2-6-19(12-16)26-13-20(24-25-26)15-3-1-5-18(23)11-15/h1-13,21H,23H2,(H2,27,28,29). The number of nitrogens with zero attached hydrogens (tertiary/aromatic N) is 3. The zero-order chi connectivity index (χ0) is 21.3. The van der Waals surface area contributed by atoms with Gasteiger partial charge in [-0.25, -0.2) is 4.68 Å². The highest BCUT2D eigenvalue weighted by Gasteiger charge is 2.32. The highest BCUT2D eigenvalue weighted by Crippen LogP contribution is 2.55. The Morgan fingerprint density at radius 1 is 0.967 bits per heavy atom. The van der Waals surface area contributed by atoms with E-state index in [9.17, 15) is 14.4 Å². The molecule has 0 radical (unpaired) electrons. The maximum absolute atomic E-state index is 12.3. The third kappa shape index (κ3) is 4.30. The van der Waals surface area contributed by atoms with Crippen molar-refractivity contribution in [1.29, 1.82) is 0 Å². The van der Waals surface area contributed by atoms with E-state index in [1.54, 1.807) is 71.5 Å². The SMILES string of the molecule is Nc1cccc(-c2cn(-c3cccc(C(c4ccc(Cl)cc4)P(=O)(O)O)c3)nn2)c1. The van der Waals surface area contributed by atoms with Crippen molar-refractivity contribution in [2.24, 2.45) is 0 Å². The molecule has 0 aliphatic heterocycles. The van der Waals surface area contributed by atoms with Crippen molar-refractivity contribution in [3.63, 3.8) is 0 Å². The van der Waals surface area contributed by atoms with Crippen molar-refractivity contribution in [3.8, 4) is 16.9 Å². The molecule has 1 atom stereocenters. The van der Waals surface area contributed by atoms with Crippen LogP contribution in [0.4, 0.5) is 5.69 Å². The van der Waals surface area contributed by atoms with Crippen LogP contribution in [-0.2, 0) is 4.57 Å². The molecule has 4 N–H and O–H groups in total. The first-order valence-corrected chi connectivity index (χ1v) is 11.1. The molecule has 0 bridgehead atoms. The molecule has 0 aliphatic carbocycles. The molecule has 0 fully saturated rings. The van der Waals surface area contributed by atoms with Crippen molar-refractivity contribution in [2.75, 3.05) is 5.73 Å². The molecule has 1 unspecified atom stereocenters. The average molecular weight is 441 g/mol. The second-order valence-electron chi connectivity index (χ2n) is 6.81. The van der Waals surface area contributed by atoms with E-state index in [0.717, 1.165) is 5.56 Å². The molecule has 1 aromatic heterocycles. The van der Waals surface area contributed by atoms with Gasteiger partial charge in [0.1, 0.15) is 11.4 Å². The monoisotopic (exact) mass is 440 g/mol. The van der Waals surface area contributed by atoms with E-state index in [-0.39, 0.29) is 0 Å². The third-order valence-electron chi connectivity index (χ3n) is 4.65. The first-order valence-electron chi connectivity index (χ1n) is 9.00. The zero-order valence-corrected chi connectivity index (χ0v) is 17.3. The van der Waals surface area contributed by atoms with Gasteiger partial charge in [0.15, 0.2) is 0 Å². The lowest BCUT2D eigenvalue weighted by molar-refractivity contribution is 0.364. The molecular weight excluding hydrogens is 423 g/mol. The van der Waals surface area contributed by atoms with Crippen molar-refractivity contribution >= 4 is 24.9 Å². The van der Waals surface area contributed by atoms with Crippen LogP contribution in [0.3, 0.4) is 0 Å². The van der Waals surface area contributed by atoms with Gasteiger partial charge in [0.05, 0.1) is 11.9 Å². The minimum absolute atomic E-state index is 0.462. The van der Waals surface area contributed by atoms with Crippen LogP contribution in [-0.4, -0.2) is 24.8 Å². The van der Waals surface area contributed by atoms with Crippen LogP contribution in [0, 0.1) is 0 Å². The number of aromatic nitrogens is 3. The Kier molecular flexibility index (Phi) is 5.45. The largest absolute Gasteiger partial charge is 0.399 e. The smallest absolute Gasteiger partial charge is 0.337 e. The highest BCUT2D eigenvalue weighted by molar-refractivity contribution is 7.52. The Labute approximate surface area is 177 Å². The summed E-state index contributed by atoms with van der Waals surface area (Å²) in [6, 6.07) is 20.6. The quantitative estimate of drug-likeness (QED) is 0.312. The Bertz CT molecular complexity index is 1240. The first kappa shape index (κ1) is 20.3. The lowest BCUT2D eigenvalue weighted by Gasteiger charge is -2.20. The number of rotatable bonds is 5. The summed E-state index contributed by atoms with van der Waals surface area (Å²) in [6.45, 7) is 0. The van der Waals surface area contributed by atoms with Crippen molar-refractivity contribution in [1.82, 2.24) is 15.0 Å². The Hall–Kier alpha value is -2.96. The van der Waals surface area contributed by atoms with Gasteiger partial charge in [0.2, 0.25) is 0 Å². The molecule has 1 heterocycles. The normalized spacial score (nSPS) is 12.6. The summed E-state index contributed by atoms with van der Waals surface area (Å²) in [4.78, 5) is 20.1. The molecule has 7 nitrogen and oxygen atoms in total. The number of anilines is 1. The van der Waals surface area contributed by atoms with Gasteiger partial charge >= 0.3 is 7.60 Å². The van der Waals surface area contributed by atoms with Crippen LogP contribution in [0.2, 0.25) is 5.02 Å². The van der Waals surface area contributed by atoms with Crippen LogP contribution in [0.1, 0.15) is 16.8 Å². The molecular formula is C21H18ClN4O3P. The number of hydrogen-bond acceptors (Lipinski definition) is 4. The number of halogens is 1. The Morgan fingerprint density at radius 2 is 1.70 bits per heavy atom. The number of nitrogen functional groups attached to an aromatic ring is 1. The first-order chi connectivity index (χ1) is 14.3. The molecule has 0 amide bonds. The second-order valence-corrected chi connectivity index (χ2v) is 8.94. The van der Waals surface area contributed by atoms with E-state index in [1.807, 2.05) is 12.1 Å². The minimum atomic E-state index is -4.50. The van der Waals surface area contributed by atoms with Crippen LogP contribution >= 0.6 is 19.2 Å². The number of nitrogens with two attached hydrogens (primary N) is 1. The van der Waals surface area contributed by atoms with Crippen LogP contribution in [0.15, 0.2) is 79.0 Å². The van der Waals surface area contributed by atoms with Crippen LogP contribution < -0.4 is 5.73 Å². The predicted molar refractivity (Wildman–Crippen MR) is 117 cm³/mol. The molecule has 0 saturated carbocycles. The molecule has 0 saturated heterocycles. The van der Waals surface area contributed by atoms with Gasteiger partial charge in [-0.15, -0.1) is 5.10 Å². The molecule has 152 valence electrons. The fraction of sp³-hybridized carbons (Fsp3) is 0.0476. The van der Waals surface area contributed by atoms with Gasteiger partial charge in [-0.3, -0.25) is 4.57 Å². The lowest BCUT2D eigenvalue weighted by atomic mass is 10.0. The van der Waals surface area contributed by atoms with E-state index >= 15 is 0 Å². The molecule has 9 heteroatoms. The van der Waals surface area contributed by atoms with Gasteiger partial charge in [-0.1, -0.05) is 53.2 Å². The fourth-order valence-corrected chi connectivity index (χ4v) is 4.52. The molecule has 3 aromatic carbocycles. The van der Waals surface area contributed by atoms with E-state index in [2.05, 4.69) is 10.3 Å². The molecule has 0 spiro atoms. The molecule has 0 aliphatic rings. The number of benzene rings is 3. The predicted octanol–water partition coefficient (Wildman–Crippen LogP) is 4.44. The Balaban J connectivity index is 1.73. The molecule has 4 aromatic rings. The maximum atomic E-state index is 12.3. The summed E-state index contributed by atoms with van der Waals surface area (Å²) in [5, 5.41) is 8.83. The van der Waals surface area contributed by atoms with Crippen molar-refractivity contribution < 1.29 is 14.4 Å². The van der Waals surface area contributed by atoms with Gasteiger partial charge in [-0.2, -0.15) is 0 Å². The van der Waals surface area contributed by atoms with Crippen molar-refractivity contribution in [2.45, 2.75) is 5.66 Å². The second kappa shape index (κ2) is 8.05. The average Bonchev–Trinajstić information content (AvgIpc) is 3.19. The van der Waals surface area contributed by atoms with Gasteiger partial charge < -0.3 is 15.5 Å². The maximum Gasteiger partial charge on any atom is 0.337 e. The van der Waals surface area contributed by atoms with Gasteiger partial charge in [-0.05, 0) is 47.5 Å². The zero-order valence-electron chi connectivity index (χ0n) is 15.6. The van der Waals surface area contributed by atoms with E-state index in [1.165, 1.54) is 0 Å². The van der Waals surface area contributed by atoms with Gasteiger partial charge in [0.25, 0.3) is 0 Å². The lowest BCUT2D eigenvalue weighted by Crippen LogP contribution is -2.04. The summed E-state index contributed by atoms with van der Waals surface area (Å²) in [6.07, 6.45) is 1.74. The summed E-state index contributed by atoms with van der Waals surface area (Å²) in [5.41, 5.74) is 8.37. The van der Waals surface area contributed by atoms with E-state index in [4.69, 9.17) is 17.3 Å². The number of hydrogen-bond donors (Lipinski definition) is 3. The van der Waals surface area contributed by atoms with Crippen LogP contribution in [0.5, 0.6) is 0 Å². The summed E-state index contributed by atoms with van der Waals surface area (Å²) in [7, 11) is -4.50. The highest BCUT2D eigenvalue weighted by atomic mass is 35.5. The van der Waals surface area contributed by atoms with E-state index in [0.29, 0.717) is 33.2 Å². The summed E-state index contributed by atoms with van der Waals surface area (Å²) in [5.74, 6) is 0. The Morgan fingerprint density at radius 3 is 2.40 bits per heavy atom. The van der Waals surface area contributed by atoms with E-state index < -0.39 is 13.3 Å². The summed E-state index contributed by atoms with van der Waals surface area (Å²) < 4.78 is 13.9. The minimum Gasteiger partial charge on any atom is -0.399 e. The molecule has 30 heavy (non-hydrogen) atoms. The third-order valence-corrected chi connectivity index (χ3v) is 6.17. The summed E-state index contributed by atoms with van der Waals surface area (Å²) >= 11 is 5.92. The van der Waals surface area contributed by atoms with Crippen LogP contribution in [0.25, 0.3) is 16.9 Å². The molecule has 4 rings (SSSR count). The fourth-order valence-electron chi connectivity index (χ4n) is 3.28. The topological polar surface area (TPSA) is 114 Å². The van der Waals surface area contributed by atoms with Crippen molar-refractivity contribution in [3.05, 3.63) is 95.1 Å².